The fourth-order valence-corrected chi connectivity index (χ4v) is 9.48. The zero-order valence-electron chi connectivity index (χ0n) is 17.1. The van der Waals surface area contributed by atoms with Crippen molar-refractivity contribution in [2.45, 2.75) is 31.6 Å². The summed E-state index contributed by atoms with van der Waals surface area (Å²) < 4.78 is 0. The molecule has 0 aromatic heterocycles. The second-order valence-electron chi connectivity index (χ2n) is 8.39. The highest BCUT2D eigenvalue weighted by atomic mass is 31.2. The van der Waals surface area contributed by atoms with Crippen LogP contribution in [0.4, 0.5) is 0 Å². The van der Waals surface area contributed by atoms with Gasteiger partial charge in [-0.15, -0.1) is 8.20 Å². The summed E-state index contributed by atoms with van der Waals surface area (Å²) >= 11 is 0. The molecule has 0 spiro atoms. The second kappa shape index (κ2) is 7.68. The fourth-order valence-electron chi connectivity index (χ4n) is 4.92. The molecule has 0 bridgehead atoms. The van der Waals surface area contributed by atoms with Crippen LogP contribution >= 0.6 is 16.1 Å². The van der Waals surface area contributed by atoms with Gasteiger partial charge in [0.15, 0.2) is 0 Å². The third-order valence-corrected chi connectivity index (χ3v) is 11.5. The molecule has 1 unspecified atom stereocenters. The summed E-state index contributed by atoms with van der Waals surface area (Å²) in [6.07, 6.45) is 6.71. The largest absolute Gasteiger partial charge is 0.104 e. The van der Waals surface area contributed by atoms with Crippen LogP contribution in [-0.2, 0) is 12.3 Å². The molecular weight excluding hydrogens is 386 g/mol. The third kappa shape index (κ3) is 3.24. The fraction of sp³-hybridized carbons (Fsp3) is 0.222. The molecule has 5 rings (SSSR count). The van der Waals surface area contributed by atoms with Gasteiger partial charge < -0.3 is 0 Å². The SMILES string of the molecule is C=PC(C(C)C)P1Cc2ccc3ccccc3c2-c2c(ccc3ccccc23)C1. The molecule has 0 saturated carbocycles. The van der Waals surface area contributed by atoms with Gasteiger partial charge >= 0.3 is 0 Å². The maximum atomic E-state index is 4.31. The minimum absolute atomic E-state index is 0.160. The van der Waals surface area contributed by atoms with E-state index in [9.17, 15) is 0 Å². The normalized spacial score (nSPS) is 15.4. The highest BCUT2D eigenvalue weighted by Gasteiger charge is 2.29. The first kappa shape index (κ1) is 19.0. The van der Waals surface area contributed by atoms with E-state index in [-0.39, 0.29) is 7.92 Å². The van der Waals surface area contributed by atoms with E-state index in [0.29, 0.717) is 11.3 Å². The Morgan fingerprint density at radius 3 is 1.66 bits per heavy atom. The molecule has 29 heavy (non-hydrogen) atoms. The van der Waals surface area contributed by atoms with Crippen LogP contribution in [0.1, 0.15) is 25.0 Å². The number of benzene rings is 4. The van der Waals surface area contributed by atoms with Gasteiger partial charge in [0.2, 0.25) is 0 Å². The van der Waals surface area contributed by atoms with Crippen LogP contribution in [0.3, 0.4) is 0 Å². The van der Waals surface area contributed by atoms with Crippen LogP contribution in [0, 0.1) is 5.92 Å². The maximum absolute atomic E-state index is 4.31. The summed E-state index contributed by atoms with van der Waals surface area (Å²) in [5.41, 5.74) is 6.00. The number of fused-ring (bicyclic) bond motifs is 7. The van der Waals surface area contributed by atoms with Gasteiger partial charge in [-0.05, 0) is 62.0 Å². The third-order valence-electron chi connectivity index (χ3n) is 6.18. The van der Waals surface area contributed by atoms with Crippen molar-refractivity contribution in [1.82, 2.24) is 0 Å². The summed E-state index contributed by atoms with van der Waals surface area (Å²) in [5, 5.41) is 6.15. The van der Waals surface area contributed by atoms with E-state index in [0.717, 1.165) is 0 Å². The minimum Gasteiger partial charge on any atom is -0.104 e. The predicted octanol–water partition coefficient (Wildman–Crippen LogP) is 8.52. The Morgan fingerprint density at radius 2 is 1.21 bits per heavy atom. The van der Waals surface area contributed by atoms with Crippen LogP contribution < -0.4 is 0 Å². The number of rotatable bonds is 3. The van der Waals surface area contributed by atoms with Gasteiger partial charge in [-0.1, -0.05) is 101 Å². The van der Waals surface area contributed by atoms with E-state index in [4.69, 9.17) is 0 Å². The van der Waals surface area contributed by atoms with Gasteiger partial charge in [0.25, 0.3) is 0 Å². The van der Waals surface area contributed by atoms with Crippen molar-refractivity contribution in [2.24, 2.45) is 5.92 Å². The molecule has 2 heteroatoms. The number of hydrogen-bond donors (Lipinski definition) is 0. The van der Waals surface area contributed by atoms with Gasteiger partial charge in [-0.3, -0.25) is 0 Å². The van der Waals surface area contributed by atoms with E-state index in [1.165, 1.54) is 64.3 Å². The van der Waals surface area contributed by atoms with Crippen LogP contribution in [-0.4, -0.2) is 11.7 Å². The minimum atomic E-state index is -0.160. The van der Waals surface area contributed by atoms with Crippen LogP contribution in [0.2, 0.25) is 0 Å². The first-order chi connectivity index (χ1) is 14.2. The number of hydrogen-bond acceptors (Lipinski definition) is 0. The van der Waals surface area contributed by atoms with Crippen molar-refractivity contribution in [2.75, 3.05) is 0 Å². The highest BCUT2D eigenvalue weighted by Crippen LogP contribution is 2.59. The van der Waals surface area contributed by atoms with E-state index >= 15 is 0 Å². The second-order valence-corrected chi connectivity index (χ2v) is 12.1. The summed E-state index contributed by atoms with van der Waals surface area (Å²) in [5.74, 6) is 0.672. The van der Waals surface area contributed by atoms with Crippen molar-refractivity contribution in [1.29, 1.82) is 0 Å². The maximum Gasteiger partial charge on any atom is 0.0234 e. The molecule has 0 fully saturated rings. The van der Waals surface area contributed by atoms with Crippen LogP contribution in [0.5, 0.6) is 0 Å². The Labute approximate surface area is 176 Å². The topological polar surface area (TPSA) is 0 Å². The Bertz CT molecular complexity index is 1130. The molecule has 0 aliphatic carbocycles. The van der Waals surface area contributed by atoms with E-state index in [2.05, 4.69) is 92.9 Å². The smallest absolute Gasteiger partial charge is 0.0234 e. The molecule has 0 radical (unpaired) electrons. The zero-order valence-corrected chi connectivity index (χ0v) is 18.9. The average molecular weight is 412 g/mol. The highest BCUT2D eigenvalue weighted by molar-refractivity contribution is 7.67. The zero-order chi connectivity index (χ0) is 20.0. The van der Waals surface area contributed by atoms with Crippen molar-refractivity contribution in [3.05, 3.63) is 83.9 Å². The monoisotopic (exact) mass is 412 g/mol. The summed E-state index contributed by atoms with van der Waals surface area (Å²) in [6, 6.07) is 27.3. The molecule has 1 aliphatic heterocycles. The van der Waals surface area contributed by atoms with Crippen molar-refractivity contribution < 1.29 is 0 Å². The Morgan fingerprint density at radius 1 is 0.724 bits per heavy atom. The molecule has 144 valence electrons. The van der Waals surface area contributed by atoms with Crippen LogP contribution in [0.15, 0.2) is 72.8 Å². The molecular formula is C27H26P2. The van der Waals surface area contributed by atoms with E-state index < -0.39 is 0 Å². The predicted molar refractivity (Wildman–Crippen MR) is 134 cm³/mol. The molecule has 0 saturated heterocycles. The van der Waals surface area contributed by atoms with Gasteiger partial charge in [0, 0.05) is 5.40 Å². The molecule has 1 aliphatic rings. The first-order valence-corrected chi connectivity index (χ1v) is 13.3. The van der Waals surface area contributed by atoms with Gasteiger partial charge in [-0.2, -0.15) is 0 Å². The Balaban J connectivity index is 1.87. The lowest BCUT2D eigenvalue weighted by atomic mass is 9.88. The Kier molecular flexibility index (Phi) is 5.03. The molecule has 0 amide bonds. The molecule has 4 aromatic rings. The lowest BCUT2D eigenvalue weighted by Gasteiger charge is -2.27. The molecule has 1 heterocycles. The quantitative estimate of drug-likeness (QED) is 0.296. The molecule has 4 aromatic carbocycles. The average Bonchev–Trinajstić information content (AvgIpc) is 2.91. The summed E-state index contributed by atoms with van der Waals surface area (Å²) in [6.45, 7) is 4.75. The van der Waals surface area contributed by atoms with Gasteiger partial charge in [0.05, 0.1) is 0 Å². The van der Waals surface area contributed by atoms with Crippen LogP contribution in [0.25, 0.3) is 32.7 Å². The van der Waals surface area contributed by atoms with Gasteiger partial charge in [0.1, 0.15) is 0 Å². The molecule has 0 N–H and O–H groups in total. The van der Waals surface area contributed by atoms with Gasteiger partial charge in [-0.25, -0.2) is 0 Å². The summed E-state index contributed by atoms with van der Waals surface area (Å²) in [4.78, 5) is 0. The summed E-state index contributed by atoms with van der Waals surface area (Å²) in [7, 11) is 1.14. The van der Waals surface area contributed by atoms with Crippen molar-refractivity contribution >= 4 is 44.0 Å². The Hall–Kier alpha value is -2.00. The lowest BCUT2D eigenvalue weighted by Crippen LogP contribution is -2.08. The van der Waals surface area contributed by atoms with E-state index in [1.54, 1.807) is 0 Å². The lowest BCUT2D eigenvalue weighted by molar-refractivity contribution is 0.711. The first-order valence-electron chi connectivity index (χ1n) is 10.4. The molecule has 1 atom stereocenters. The van der Waals surface area contributed by atoms with Crippen molar-refractivity contribution in [3.8, 4) is 11.1 Å². The van der Waals surface area contributed by atoms with Crippen molar-refractivity contribution in [3.63, 3.8) is 0 Å². The van der Waals surface area contributed by atoms with E-state index in [1.807, 2.05) is 0 Å². The standard InChI is InChI=1S/C27H26P2/c1-18(2)27(28-3)29-16-21-14-12-19-8-4-6-10-23(19)25(21)26-22(17-29)15-13-20-9-5-7-11-24(20)26/h4-15,18,27H,3,16-17H2,1-2H3. The molecule has 0 nitrogen and oxygen atoms in total.